The van der Waals surface area contributed by atoms with Crippen LogP contribution in [0.1, 0.15) is 30.2 Å². The second-order valence-electron chi connectivity index (χ2n) is 4.53. The van der Waals surface area contributed by atoms with Crippen LogP contribution in [0.15, 0.2) is 18.2 Å². The third kappa shape index (κ3) is 2.72. The van der Waals surface area contributed by atoms with Crippen LogP contribution in [-0.4, -0.2) is 33.7 Å². The molecule has 0 aliphatic heterocycles. The summed E-state index contributed by atoms with van der Waals surface area (Å²) in [6.07, 6.45) is 0. The van der Waals surface area contributed by atoms with Crippen molar-refractivity contribution in [3.05, 3.63) is 29.0 Å². The number of aliphatic hydroxyl groups is 1. The highest BCUT2D eigenvalue weighted by atomic mass is 35.5. The molecule has 0 spiro atoms. The first-order chi connectivity index (χ1) is 9.04. The Bertz CT molecular complexity index is 607. The van der Waals surface area contributed by atoms with E-state index in [0.717, 1.165) is 5.52 Å². The summed E-state index contributed by atoms with van der Waals surface area (Å²) in [6.45, 7) is 4.20. The van der Waals surface area contributed by atoms with Gasteiger partial charge in [-0.25, -0.2) is 4.98 Å². The Labute approximate surface area is 116 Å². The van der Waals surface area contributed by atoms with E-state index in [1.165, 1.54) is 0 Å². The summed E-state index contributed by atoms with van der Waals surface area (Å²) in [7, 11) is 0. The minimum atomic E-state index is -0.230. The monoisotopic (exact) mass is 281 g/mol. The molecule has 0 atom stereocenters. The largest absolute Gasteiger partial charge is 0.395 e. The Kier molecular flexibility index (Phi) is 4.07. The number of imidazole rings is 1. The average molecular weight is 282 g/mol. The second-order valence-corrected chi connectivity index (χ2v) is 4.87. The summed E-state index contributed by atoms with van der Waals surface area (Å²) >= 11 is 6.10. The van der Waals surface area contributed by atoms with E-state index in [-0.39, 0.29) is 25.1 Å². The van der Waals surface area contributed by atoms with Crippen molar-refractivity contribution in [1.82, 2.24) is 14.9 Å². The first-order valence-electron chi connectivity index (χ1n) is 6.11. The highest BCUT2D eigenvalue weighted by Crippen LogP contribution is 2.24. The maximum absolute atomic E-state index is 11.8. The van der Waals surface area contributed by atoms with Gasteiger partial charge in [-0.3, -0.25) is 4.79 Å². The van der Waals surface area contributed by atoms with E-state index in [2.05, 4.69) is 10.3 Å². The molecule has 0 aliphatic carbocycles. The number of nitrogens with zero attached hydrogens (tertiary/aromatic N) is 2. The maximum Gasteiger partial charge on any atom is 0.251 e. The minimum Gasteiger partial charge on any atom is -0.395 e. The zero-order valence-electron chi connectivity index (χ0n) is 10.9. The SMILES string of the molecule is CC(C)n1c(Cl)nc2cc(C(=O)NCCO)ccc21. The van der Waals surface area contributed by atoms with E-state index in [4.69, 9.17) is 16.7 Å². The normalized spacial score (nSPS) is 11.2. The summed E-state index contributed by atoms with van der Waals surface area (Å²) in [4.78, 5) is 16.0. The highest BCUT2D eigenvalue weighted by Gasteiger charge is 2.13. The van der Waals surface area contributed by atoms with Gasteiger partial charge in [-0.15, -0.1) is 0 Å². The number of nitrogens with one attached hydrogen (secondary N) is 1. The van der Waals surface area contributed by atoms with Crippen molar-refractivity contribution >= 4 is 28.5 Å². The van der Waals surface area contributed by atoms with Crippen molar-refractivity contribution in [1.29, 1.82) is 0 Å². The van der Waals surface area contributed by atoms with Crippen LogP contribution in [-0.2, 0) is 0 Å². The summed E-state index contributed by atoms with van der Waals surface area (Å²) < 4.78 is 1.91. The van der Waals surface area contributed by atoms with Crippen LogP contribution in [0.5, 0.6) is 0 Å². The molecule has 1 amide bonds. The van der Waals surface area contributed by atoms with E-state index in [1.807, 2.05) is 24.5 Å². The zero-order valence-corrected chi connectivity index (χ0v) is 11.6. The lowest BCUT2D eigenvalue weighted by Crippen LogP contribution is -2.26. The molecule has 1 aromatic heterocycles. The van der Waals surface area contributed by atoms with Crippen molar-refractivity contribution < 1.29 is 9.90 Å². The molecule has 2 aromatic rings. The van der Waals surface area contributed by atoms with Crippen LogP contribution in [0.2, 0.25) is 5.28 Å². The fourth-order valence-corrected chi connectivity index (χ4v) is 2.35. The quantitative estimate of drug-likeness (QED) is 0.901. The molecule has 2 N–H and O–H groups in total. The molecular weight excluding hydrogens is 266 g/mol. The lowest BCUT2D eigenvalue weighted by molar-refractivity contribution is 0.0945. The summed E-state index contributed by atoms with van der Waals surface area (Å²) in [5.74, 6) is -0.230. The predicted molar refractivity (Wildman–Crippen MR) is 74.5 cm³/mol. The Morgan fingerprint density at radius 1 is 1.53 bits per heavy atom. The Hall–Kier alpha value is -1.59. The molecule has 0 fully saturated rings. The number of carbonyl (C=O) groups excluding carboxylic acids is 1. The third-order valence-electron chi connectivity index (χ3n) is 2.82. The van der Waals surface area contributed by atoms with Crippen LogP contribution < -0.4 is 5.32 Å². The van der Waals surface area contributed by atoms with Gasteiger partial charge in [-0.2, -0.15) is 0 Å². The molecular formula is C13H16ClN3O2. The van der Waals surface area contributed by atoms with Crippen LogP contribution >= 0.6 is 11.6 Å². The van der Waals surface area contributed by atoms with Gasteiger partial charge in [0.1, 0.15) is 0 Å². The molecule has 102 valence electrons. The van der Waals surface area contributed by atoms with E-state index >= 15 is 0 Å². The Morgan fingerprint density at radius 3 is 2.89 bits per heavy atom. The number of hydrogen-bond acceptors (Lipinski definition) is 3. The topological polar surface area (TPSA) is 67.2 Å². The highest BCUT2D eigenvalue weighted by molar-refractivity contribution is 6.29. The summed E-state index contributed by atoms with van der Waals surface area (Å²) in [5, 5.41) is 11.7. The number of carbonyl (C=O) groups is 1. The number of amides is 1. The van der Waals surface area contributed by atoms with Gasteiger partial charge < -0.3 is 15.0 Å². The molecule has 19 heavy (non-hydrogen) atoms. The van der Waals surface area contributed by atoms with Crippen LogP contribution in [0, 0.1) is 0 Å². The van der Waals surface area contributed by atoms with Gasteiger partial charge in [0.05, 0.1) is 17.6 Å². The van der Waals surface area contributed by atoms with Gasteiger partial charge in [0.25, 0.3) is 5.91 Å². The molecule has 2 rings (SSSR count). The van der Waals surface area contributed by atoms with Gasteiger partial charge in [0.15, 0.2) is 0 Å². The molecule has 0 aliphatic rings. The van der Waals surface area contributed by atoms with E-state index in [9.17, 15) is 4.79 Å². The molecule has 0 radical (unpaired) electrons. The first kappa shape index (κ1) is 13.8. The van der Waals surface area contributed by atoms with Crippen molar-refractivity contribution in [3.8, 4) is 0 Å². The van der Waals surface area contributed by atoms with Gasteiger partial charge in [-0.1, -0.05) is 0 Å². The number of aliphatic hydroxyl groups excluding tert-OH is 1. The van der Waals surface area contributed by atoms with E-state index in [1.54, 1.807) is 12.1 Å². The van der Waals surface area contributed by atoms with Crippen molar-refractivity contribution in [2.45, 2.75) is 19.9 Å². The first-order valence-corrected chi connectivity index (χ1v) is 6.49. The molecule has 0 saturated carbocycles. The molecule has 1 heterocycles. The van der Waals surface area contributed by atoms with Gasteiger partial charge in [-0.05, 0) is 43.6 Å². The van der Waals surface area contributed by atoms with Crippen LogP contribution in [0.4, 0.5) is 0 Å². The number of benzene rings is 1. The number of aromatic nitrogens is 2. The summed E-state index contributed by atoms with van der Waals surface area (Å²) in [6, 6.07) is 5.47. The van der Waals surface area contributed by atoms with Crippen LogP contribution in [0.25, 0.3) is 11.0 Å². The van der Waals surface area contributed by atoms with Crippen LogP contribution in [0.3, 0.4) is 0 Å². The van der Waals surface area contributed by atoms with Crippen molar-refractivity contribution in [2.75, 3.05) is 13.2 Å². The average Bonchev–Trinajstić information content (AvgIpc) is 2.70. The van der Waals surface area contributed by atoms with E-state index < -0.39 is 0 Å². The Balaban J connectivity index is 2.39. The number of halogens is 1. The summed E-state index contributed by atoms with van der Waals surface area (Å²) in [5.41, 5.74) is 2.10. The number of fused-ring (bicyclic) bond motifs is 1. The molecule has 1 aromatic carbocycles. The Morgan fingerprint density at radius 2 is 2.26 bits per heavy atom. The van der Waals surface area contributed by atoms with Gasteiger partial charge in [0, 0.05) is 18.2 Å². The standard InChI is InChI=1S/C13H16ClN3O2/c1-8(2)17-11-4-3-9(12(19)15-5-6-18)7-10(11)16-13(17)14/h3-4,7-8,18H,5-6H2,1-2H3,(H,15,19). The fourth-order valence-electron chi connectivity index (χ4n) is 1.97. The molecule has 6 heteroatoms. The van der Waals surface area contributed by atoms with Gasteiger partial charge in [0.2, 0.25) is 5.28 Å². The smallest absolute Gasteiger partial charge is 0.251 e. The van der Waals surface area contributed by atoms with E-state index in [0.29, 0.717) is 16.4 Å². The van der Waals surface area contributed by atoms with Crippen molar-refractivity contribution in [3.63, 3.8) is 0 Å². The predicted octanol–water partition coefficient (Wildman–Crippen LogP) is 1.99. The number of rotatable bonds is 4. The minimum absolute atomic E-state index is 0.0816. The second kappa shape index (κ2) is 5.59. The molecule has 0 bridgehead atoms. The molecule has 5 nitrogen and oxygen atoms in total. The lowest BCUT2D eigenvalue weighted by Gasteiger charge is -2.09. The van der Waals surface area contributed by atoms with Gasteiger partial charge >= 0.3 is 0 Å². The lowest BCUT2D eigenvalue weighted by atomic mass is 10.2. The zero-order chi connectivity index (χ0) is 14.0. The fraction of sp³-hybridized carbons (Fsp3) is 0.385. The number of hydrogen-bond donors (Lipinski definition) is 2. The molecule has 0 saturated heterocycles. The third-order valence-corrected chi connectivity index (χ3v) is 3.09. The molecule has 0 unspecified atom stereocenters. The maximum atomic E-state index is 11.8. The van der Waals surface area contributed by atoms with Crippen molar-refractivity contribution in [2.24, 2.45) is 0 Å².